The maximum absolute atomic E-state index is 5.79. The van der Waals surface area contributed by atoms with Gasteiger partial charge in [0.1, 0.15) is 18.3 Å². The smallest absolute Gasteiger partial charge is 0.190 e. The molecule has 0 amide bonds. The fraction of sp³-hybridized carbons (Fsp3) is 1.00. The molecule has 3 rings (SSSR count). The summed E-state index contributed by atoms with van der Waals surface area (Å²) in [7, 11) is 1.63. The van der Waals surface area contributed by atoms with Gasteiger partial charge >= 0.3 is 0 Å². The molecule has 0 N–H and O–H groups in total. The Hall–Kier alpha value is -0.240. The lowest BCUT2D eigenvalue weighted by Gasteiger charge is -2.27. The zero-order chi connectivity index (χ0) is 12.0. The van der Waals surface area contributed by atoms with Crippen molar-refractivity contribution in [1.82, 2.24) is 0 Å². The number of methoxy groups -OCH3 is 1. The van der Waals surface area contributed by atoms with Crippen LogP contribution in [-0.4, -0.2) is 57.0 Å². The molecule has 3 aliphatic rings. The van der Waals surface area contributed by atoms with Crippen LogP contribution in [0.4, 0.5) is 0 Å². The lowest BCUT2D eigenvalue weighted by Crippen LogP contribution is -2.42. The first-order chi connectivity index (χ1) is 8.11. The standard InChI is InChI=1S/C11H18O6/c1-11(2)16-8-6(12-3)7(15-10(8)17-11)9-13-4-5-14-9/h6-10H,4-5H2,1-3H3. The van der Waals surface area contributed by atoms with E-state index in [0.717, 1.165) is 0 Å². The van der Waals surface area contributed by atoms with Crippen molar-refractivity contribution in [2.24, 2.45) is 0 Å². The quantitative estimate of drug-likeness (QED) is 0.696. The van der Waals surface area contributed by atoms with Gasteiger partial charge in [-0.3, -0.25) is 0 Å². The van der Waals surface area contributed by atoms with Gasteiger partial charge in [-0.25, -0.2) is 0 Å². The number of fused-ring (bicyclic) bond motifs is 1. The average molecular weight is 246 g/mol. The molecule has 0 aliphatic carbocycles. The molecule has 4 atom stereocenters. The Balaban J connectivity index is 1.73. The van der Waals surface area contributed by atoms with Crippen molar-refractivity contribution in [2.45, 2.75) is 50.5 Å². The lowest BCUT2D eigenvalue weighted by molar-refractivity contribution is -0.247. The van der Waals surface area contributed by atoms with E-state index in [9.17, 15) is 0 Å². The molecule has 4 unspecified atom stereocenters. The van der Waals surface area contributed by atoms with Crippen molar-refractivity contribution in [2.75, 3.05) is 20.3 Å². The van der Waals surface area contributed by atoms with Crippen LogP contribution >= 0.6 is 0 Å². The normalized spacial score (nSPS) is 45.4. The van der Waals surface area contributed by atoms with Crippen LogP contribution in [0.1, 0.15) is 13.8 Å². The van der Waals surface area contributed by atoms with E-state index in [2.05, 4.69) is 0 Å². The van der Waals surface area contributed by atoms with Gasteiger partial charge in [0.05, 0.1) is 13.2 Å². The topological polar surface area (TPSA) is 55.4 Å². The first kappa shape index (κ1) is 11.8. The van der Waals surface area contributed by atoms with Crippen molar-refractivity contribution >= 4 is 0 Å². The zero-order valence-electron chi connectivity index (χ0n) is 10.3. The van der Waals surface area contributed by atoms with E-state index >= 15 is 0 Å². The third-order valence-corrected chi connectivity index (χ3v) is 3.21. The highest BCUT2D eigenvalue weighted by atomic mass is 16.9. The molecule has 98 valence electrons. The maximum atomic E-state index is 5.79. The minimum atomic E-state index is -0.630. The van der Waals surface area contributed by atoms with Crippen LogP contribution in [0.25, 0.3) is 0 Å². The van der Waals surface area contributed by atoms with Gasteiger partial charge in [0.15, 0.2) is 18.4 Å². The van der Waals surface area contributed by atoms with Crippen molar-refractivity contribution in [3.63, 3.8) is 0 Å². The molecule has 0 radical (unpaired) electrons. The fourth-order valence-corrected chi connectivity index (χ4v) is 2.56. The zero-order valence-corrected chi connectivity index (χ0v) is 10.3. The first-order valence-electron chi connectivity index (χ1n) is 5.88. The molecule has 0 aromatic heterocycles. The van der Waals surface area contributed by atoms with Gasteiger partial charge in [-0.2, -0.15) is 0 Å². The number of hydrogen-bond acceptors (Lipinski definition) is 6. The Kier molecular flexibility index (Phi) is 2.89. The molecule has 3 fully saturated rings. The van der Waals surface area contributed by atoms with E-state index in [0.29, 0.717) is 13.2 Å². The van der Waals surface area contributed by atoms with Crippen LogP contribution in [0.15, 0.2) is 0 Å². The molecule has 17 heavy (non-hydrogen) atoms. The summed E-state index contributed by atoms with van der Waals surface area (Å²) < 4.78 is 33.6. The number of rotatable bonds is 2. The third kappa shape index (κ3) is 1.99. The van der Waals surface area contributed by atoms with E-state index in [1.54, 1.807) is 7.11 Å². The second-order valence-corrected chi connectivity index (χ2v) is 4.88. The Morgan fingerprint density at radius 3 is 2.35 bits per heavy atom. The van der Waals surface area contributed by atoms with Gasteiger partial charge in [0, 0.05) is 7.11 Å². The maximum Gasteiger partial charge on any atom is 0.190 e. The molecule has 0 aromatic carbocycles. The van der Waals surface area contributed by atoms with E-state index in [1.807, 2.05) is 13.8 Å². The van der Waals surface area contributed by atoms with Gasteiger partial charge in [-0.1, -0.05) is 0 Å². The molecule has 0 spiro atoms. The molecule has 3 heterocycles. The first-order valence-corrected chi connectivity index (χ1v) is 5.88. The molecular formula is C11H18O6. The van der Waals surface area contributed by atoms with Gasteiger partial charge in [0.2, 0.25) is 0 Å². The van der Waals surface area contributed by atoms with Crippen LogP contribution in [0.5, 0.6) is 0 Å². The van der Waals surface area contributed by atoms with E-state index in [1.165, 1.54) is 0 Å². The highest BCUT2D eigenvalue weighted by Crippen LogP contribution is 2.40. The third-order valence-electron chi connectivity index (χ3n) is 3.21. The molecule has 6 nitrogen and oxygen atoms in total. The van der Waals surface area contributed by atoms with Crippen molar-refractivity contribution in [3.8, 4) is 0 Å². The molecule has 6 heteroatoms. The van der Waals surface area contributed by atoms with E-state index < -0.39 is 12.1 Å². The highest BCUT2D eigenvalue weighted by Gasteiger charge is 2.57. The van der Waals surface area contributed by atoms with Crippen molar-refractivity contribution in [3.05, 3.63) is 0 Å². The van der Waals surface area contributed by atoms with Crippen LogP contribution in [0.2, 0.25) is 0 Å². The second kappa shape index (κ2) is 4.15. The van der Waals surface area contributed by atoms with Gasteiger partial charge in [-0.05, 0) is 13.8 Å². The van der Waals surface area contributed by atoms with Crippen molar-refractivity contribution < 1.29 is 28.4 Å². The number of ether oxygens (including phenoxy) is 6. The molecule has 0 saturated carbocycles. The molecule has 0 aromatic rings. The predicted octanol–water partition coefficient (Wildman–Crippen LogP) is 0.251. The number of hydrogen-bond donors (Lipinski definition) is 0. The lowest BCUT2D eigenvalue weighted by atomic mass is 10.1. The average Bonchev–Trinajstić information content (AvgIpc) is 2.89. The highest BCUT2D eigenvalue weighted by molar-refractivity contribution is 4.95. The summed E-state index contributed by atoms with van der Waals surface area (Å²) >= 11 is 0. The van der Waals surface area contributed by atoms with Crippen LogP contribution in [0, 0.1) is 0 Å². The van der Waals surface area contributed by atoms with Crippen molar-refractivity contribution in [1.29, 1.82) is 0 Å². The van der Waals surface area contributed by atoms with E-state index in [-0.39, 0.29) is 24.6 Å². The largest absolute Gasteiger partial charge is 0.376 e. The molecular weight excluding hydrogens is 228 g/mol. The monoisotopic (exact) mass is 246 g/mol. The SMILES string of the molecule is COC1C(C2OCCO2)OC2OC(C)(C)OC21. The van der Waals surface area contributed by atoms with E-state index in [4.69, 9.17) is 28.4 Å². The molecule has 3 aliphatic heterocycles. The summed E-state index contributed by atoms with van der Waals surface area (Å²) in [5.74, 6) is -0.630. The Bertz CT molecular complexity index is 288. The Labute approximate surface area is 100 Å². The molecule has 0 bridgehead atoms. The summed E-state index contributed by atoms with van der Waals surface area (Å²) in [5.41, 5.74) is 0. The Morgan fingerprint density at radius 1 is 1.00 bits per heavy atom. The minimum absolute atomic E-state index is 0.229. The summed E-state index contributed by atoms with van der Waals surface area (Å²) in [4.78, 5) is 0. The van der Waals surface area contributed by atoms with Crippen LogP contribution < -0.4 is 0 Å². The molecule has 3 saturated heterocycles. The minimum Gasteiger partial charge on any atom is -0.376 e. The van der Waals surface area contributed by atoms with Gasteiger partial charge < -0.3 is 28.4 Å². The summed E-state index contributed by atoms with van der Waals surface area (Å²) in [5, 5.41) is 0. The second-order valence-electron chi connectivity index (χ2n) is 4.88. The van der Waals surface area contributed by atoms with Gasteiger partial charge in [0.25, 0.3) is 0 Å². The van der Waals surface area contributed by atoms with Crippen LogP contribution in [0.3, 0.4) is 0 Å². The summed E-state index contributed by atoms with van der Waals surface area (Å²) in [6.07, 6.45) is -1.56. The fourth-order valence-electron chi connectivity index (χ4n) is 2.56. The van der Waals surface area contributed by atoms with Gasteiger partial charge in [-0.15, -0.1) is 0 Å². The van der Waals surface area contributed by atoms with Crippen LogP contribution in [-0.2, 0) is 28.4 Å². The Morgan fingerprint density at radius 2 is 1.71 bits per heavy atom. The summed E-state index contributed by atoms with van der Waals surface area (Å²) in [6, 6.07) is 0. The predicted molar refractivity (Wildman–Crippen MR) is 55.2 cm³/mol. The summed E-state index contributed by atoms with van der Waals surface area (Å²) in [6.45, 7) is 4.89.